The van der Waals surface area contributed by atoms with Gasteiger partial charge in [0.15, 0.2) is 0 Å². The summed E-state index contributed by atoms with van der Waals surface area (Å²) in [6, 6.07) is 32.4. The molecule has 0 radical (unpaired) electrons. The lowest BCUT2D eigenvalue weighted by atomic mass is 10.1. The van der Waals surface area contributed by atoms with Crippen LogP contribution in [-0.4, -0.2) is 40.3 Å². The summed E-state index contributed by atoms with van der Waals surface area (Å²) >= 11 is 0. The van der Waals surface area contributed by atoms with Gasteiger partial charge in [0.1, 0.15) is 0 Å². The molecular formula is C32H45N3. The van der Waals surface area contributed by atoms with Crippen molar-refractivity contribution < 1.29 is 0 Å². The van der Waals surface area contributed by atoms with Crippen molar-refractivity contribution in [1.29, 1.82) is 0 Å². The highest BCUT2D eigenvalue weighted by Gasteiger charge is 2.07. The fraction of sp³-hybridized carbons (Fsp3) is 0.438. The number of nitrogens with zero attached hydrogens (tertiary/aromatic N) is 3. The Kier molecular flexibility index (Phi) is 12.1. The predicted octanol–water partition coefficient (Wildman–Crippen LogP) is 7.89. The molecule has 0 amide bonds. The van der Waals surface area contributed by atoms with Crippen LogP contribution >= 0.6 is 0 Å². The van der Waals surface area contributed by atoms with Gasteiger partial charge in [0.25, 0.3) is 0 Å². The van der Waals surface area contributed by atoms with Crippen LogP contribution in [0.3, 0.4) is 0 Å². The van der Waals surface area contributed by atoms with Crippen molar-refractivity contribution in [3.8, 4) is 0 Å². The molecule has 3 aromatic rings. The number of anilines is 3. The second kappa shape index (κ2) is 15.9. The average Bonchev–Trinajstić information content (AvgIpc) is 2.92. The molecule has 188 valence electrons. The fourth-order valence-electron chi connectivity index (χ4n) is 4.64. The lowest BCUT2D eigenvalue weighted by Crippen LogP contribution is -2.25. The van der Waals surface area contributed by atoms with E-state index in [0.717, 1.165) is 26.2 Å². The Hall–Kier alpha value is -2.94. The van der Waals surface area contributed by atoms with Crippen molar-refractivity contribution in [2.75, 3.05) is 55.0 Å². The number of hydrogen-bond donors (Lipinski definition) is 0. The van der Waals surface area contributed by atoms with Crippen molar-refractivity contribution in [2.45, 2.75) is 51.4 Å². The van der Waals surface area contributed by atoms with Crippen molar-refractivity contribution in [1.82, 2.24) is 0 Å². The molecule has 35 heavy (non-hydrogen) atoms. The smallest absolute Gasteiger partial charge is 0.0366 e. The van der Waals surface area contributed by atoms with Gasteiger partial charge in [-0.05, 0) is 62.1 Å². The zero-order chi connectivity index (χ0) is 24.6. The zero-order valence-electron chi connectivity index (χ0n) is 22.0. The summed E-state index contributed by atoms with van der Waals surface area (Å²) in [5.74, 6) is 0. The second-order valence-corrected chi connectivity index (χ2v) is 9.67. The van der Waals surface area contributed by atoms with Gasteiger partial charge in [-0.1, -0.05) is 80.3 Å². The normalized spacial score (nSPS) is 10.8. The Bertz CT molecular complexity index is 840. The topological polar surface area (TPSA) is 9.72 Å². The number of unbranched alkanes of at least 4 members (excludes halogenated alkanes) is 6. The molecule has 0 aliphatic carbocycles. The van der Waals surface area contributed by atoms with E-state index in [1.807, 2.05) is 0 Å². The number of para-hydroxylation sites is 3. The minimum absolute atomic E-state index is 1.13. The van der Waals surface area contributed by atoms with Gasteiger partial charge in [-0.15, -0.1) is 0 Å². The third-order valence-electron chi connectivity index (χ3n) is 6.86. The van der Waals surface area contributed by atoms with E-state index in [0.29, 0.717) is 0 Å². The van der Waals surface area contributed by atoms with Gasteiger partial charge in [0.2, 0.25) is 0 Å². The van der Waals surface area contributed by atoms with E-state index < -0.39 is 0 Å². The molecule has 0 saturated carbocycles. The second-order valence-electron chi connectivity index (χ2n) is 9.67. The van der Waals surface area contributed by atoms with Crippen molar-refractivity contribution in [3.63, 3.8) is 0 Å². The molecule has 0 aromatic heterocycles. The standard InChI is InChI=1S/C32H45N3/c1-33(30-20-10-7-11-21-30)26-16-3-5-18-28-35(32-24-14-9-15-25-32)29-19-6-4-17-27-34(2)31-22-12-8-13-23-31/h7-15,20-25H,3-6,16-19,26-29H2,1-2H3. The molecule has 0 fully saturated rings. The summed E-state index contributed by atoms with van der Waals surface area (Å²) < 4.78 is 0. The Labute approximate surface area is 214 Å². The Morgan fingerprint density at radius 3 is 1.06 bits per heavy atom. The Morgan fingerprint density at radius 1 is 0.371 bits per heavy atom. The lowest BCUT2D eigenvalue weighted by molar-refractivity contribution is 0.593. The summed E-state index contributed by atoms with van der Waals surface area (Å²) in [5, 5.41) is 0. The summed E-state index contributed by atoms with van der Waals surface area (Å²) in [7, 11) is 4.40. The van der Waals surface area contributed by atoms with Crippen molar-refractivity contribution >= 4 is 17.1 Å². The number of rotatable bonds is 17. The zero-order valence-corrected chi connectivity index (χ0v) is 22.0. The van der Waals surface area contributed by atoms with Gasteiger partial charge in [0.05, 0.1) is 0 Å². The largest absolute Gasteiger partial charge is 0.375 e. The van der Waals surface area contributed by atoms with Crippen LogP contribution in [0.1, 0.15) is 51.4 Å². The number of hydrogen-bond acceptors (Lipinski definition) is 3. The molecule has 0 N–H and O–H groups in total. The van der Waals surface area contributed by atoms with Crippen LogP contribution in [0.5, 0.6) is 0 Å². The van der Waals surface area contributed by atoms with E-state index >= 15 is 0 Å². The van der Waals surface area contributed by atoms with E-state index in [1.54, 1.807) is 0 Å². The summed E-state index contributed by atoms with van der Waals surface area (Å²) in [6.45, 7) is 4.59. The van der Waals surface area contributed by atoms with Gasteiger partial charge >= 0.3 is 0 Å². The summed E-state index contributed by atoms with van der Waals surface area (Å²) in [4.78, 5) is 7.34. The Morgan fingerprint density at radius 2 is 0.686 bits per heavy atom. The summed E-state index contributed by atoms with van der Waals surface area (Å²) in [5.41, 5.74) is 4.00. The first-order valence-corrected chi connectivity index (χ1v) is 13.6. The van der Waals surface area contributed by atoms with Gasteiger partial charge in [-0.2, -0.15) is 0 Å². The molecule has 0 spiro atoms. The van der Waals surface area contributed by atoms with Gasteiger partial charge in [-0.25, -0.2) is 0 Å². The molecule has 0 atom stereocenters. The first kappa shape index (κ1) is 26.7. The Balaban J connectivity index is 1.30. The van der Waals surface area contributed by atoms with Crippen LogP contribution in [0.15, 0.2) is 91.0 Å². The van der Waals surface area contributed by atoms with E-state index in [9.17, 15) is 0 Å². The highest BCUT2D eigenvalue weighted by Crippen LogP contribution is 2.18. The highest BCUT2D eigenvalue weighted by molar-refractivity contribution is 5.46. The van der Waals surface area contributed by atoms with Crippen LogP contribution in [0.2, 0.25) is 0 Å². The molecule has 3 nitrogen and oxygen atoms in total. The minimum atomic E-state index is 1.13. The van der Waals surface area contributed by atoms with Gasteiger partial charge < -0.3 is 14.7 Å². The molecule has 0 aliphatic rings. The van der Waals surface area contributed by atoms with Crippen LogP contribution < -0.4 is 14.7 Å². The van der Waals surface area contributed by atoms with Crippen LogP contribution in [0.4, 0.5) is 17.1 Å². The average molecular weight is 472 g/mol. The first-order chi connectivity index (χ1) is 17.2. The maximum absolute atomic E-state index is 2.60. The number of benzene rings is 3. The summed E-state index contributed by atoms with van der Waals surface area (Å²) in [6.07, 6.45) is 10.3. The molecular weight excluding hydrogens is 426 g/mol. The highest BCUT2D eigenvalue weighted by atomic mass is 15.1. The molecule has 0 aliphatic heterocycles. The monoisotopic (exact) mass is 471 g/mol. The maximum Gasteiger partial charge on any atom is 0.0366 e. The van der Waals surface area contributed by atoms with Crippen molar-refractivity contribution in [3.05, 3.63) is 91.0 Å². The van der Waals surface area contributed by atoms with Crippen LogP contribution in [0.25, 0.3) is 0 Å². The molecule has 0 unspecified atom stereocenters. The van der Waals surface area contributed by atoms with Gasteiger partial charge in [0, 0.05) is 57.3 Å². The van der Waals surface area contributed by atoms with E-state index in [4.69, 9.17) is 0 Å². The van der Waals surface area contributed by atoms with Crippen LogP contribution in [-0.2, 0) is 0 Å². The first-order valence-electron chi connectivity index (χ1n) is 13.6. The molecule has 0 bridgehead atoms. The predicted molar refractivity (Wildman–Crippen MR) is 155 cm³/mol. The van der Waals surface area contributed by atoms with Crippen molar-refractivity contribution in [2.24, 2.45) is 0 Å². The maximum atomic E-state index is 2.60. The van der Waals surface area contributed by atoms with Crippen LogP contribution in [0, 0.1) is 0 Å². The lowest BCUT2D eigenvalue weighted by Gasteiger charge is -2.25. The SMILES string of the molecule is CN(CCCCCCN(CCCCCCN(C)c1ccccc1)c1ccccc1)c1ccccc1. The minimum Gasteiger partial charge on any atom is -0.375 e. The molecule has 0 heterocycles. The fourth-order valence-corrected chi connectivity index (χ4v) is 4.64. The molecule has 3 aromatic carbocycles. The third-order valence-corrected chi connectivity index (χ3v) is 6.86. The van der Waals surface area contributed by atoms with E-state index in [2.05, 4.69) is 120 Å². The third kappa shape index (κ3) is 10.1. The quantitative estimate of drug-likeness (QED) is 0.185. The molecule has 3 rings (SSSR count). The van der Waals surface area contributed by atoms with Gasteiger partial charge in [-0.3, -0.25) is 0 Å². The van der Waals surface area contributed by atoms with E-state index in [1.165, 1.54) is 68.4 Å². The van der Waals surface area contributed by atoms with E-state index in [-0.39, 0.29) is 0 Å². The molecule has 0 saturated heterocycles. The molecule has 3 heteroatoms.